The fourth-order valence-corrected chi connectivity index (χ4v) is 2.24. The van der Waals surface area contributed by atoms with Crippen molar-refractivity contribution in [2.75, 3.05) is 26.9 Å². The van der Waals surface area contributed by atoms with Crippen molar-refractivity contribution in [1.29, 1.82) is 0 Å². The summed E-state index contributed by atoms with van der Waals surface area (Å²) in [7, 11) is 1.62. The van der Waals surface area contributed by atoms with Crippen LogP contribution >= 0.6 is 0 Å². The zero-order valence-electron chi connectivity index (χ0n) is 11.7. The smallest absolute Gasteiger partial charge is 0.251 e. The van der Waals surface area contributed by atoms with E-state index in [1.54, 1.807) is 25.3 Å². The molecule has 0 heterocycles. The first-order valence-corrected chi connectivity index (χ1v) is 6.86. The van der Waals surface area contributed by atoms with Crippen molar-refractivity contribution in [2.24, 2.45) is 5.92 Å². The lowest BCUT2D eigenvalue weighted by molar-refractivity contribution is 0.0831. The van der Waals surface area contributed by atoms with Gasteiger partial charge in [-0.05, 0) is 37.0 Å². The van der Waals surface area contributed by atoms with Crippen LogP contribution in [0.5, 0.6) is 5.75 Å². The summed E-state index contributed by atoms with van der Waals surface area (Å²) in [6.07, 6.45) is 1.71. The number of nitrogens with one attached hydrogen (secondary N) is 1. The first-order valence-electron chi connectivity index (χ1n) is 6.86. The number of carbonyl (C=O) groups is 1. The topological polar surface area (TPSA) is 67.8 Å². The lowest BCUT2D eigenvalue weighted by atomic mass is 9.81. The maximum Gasteiger partial charge on any atom is 0.251 e. The minimum Gasteiger partial charge on any atom is -0.491 e. The molecule has 1 fully saturated rings. The Labute approximate surface area is 118 Å². The van der Waals surface area contributed by atoms with E-state index in [-0.39, 0.29) is 18.6 Å². The van der Waals surface area contributed by atoms with Gasteiger partial charge in [-0.3, -0.25) is 4.79 Å². The molecule has 1 saturated carbocycles. The highest BCUT2D eigenvalue weighted by atomic mass is 16.5. The second-order valence-electron chi connectivity index (χ2n) is 5.06. The van der Waals surface area contributed by atoms with E-state index in [0.717, 1.165) is 12.8 Å². The summed E-state index contributed by atoms with van der Waals surface area (Å²) in [6.45, 7) is 1.18. The molecule has 1 amide bonds. The van der Waals surface area contributed by atoms with Gasteiger partial charge in [0.15, 0.2) is 0 Å². The number of aliphatic hydroxyl groups excluding tert-OH is 1. The van der Waals surface area contributed by atoms with E-state index >= 15 is 0 Å². The number of ether oxygens (including phenoxy) is 2. The molecule has 0 saturated heterocycles. The molecule has 0 spiro atoms. The second-order valence-corrected chi connectivity index (χ2v) is 5.06. The summed E-state index contributed by atoms with van der Waals surface area (Å²) in [5, 5.41) is 11.9. The molecule has 1 aliphatic carbocycles. The van der Waals surface area contributed by atoms with Crippen LogP contribution in [-0.4, -0.2) is 44.0 Å². The normalized spacial score (nSPS) is 21.1. The highest BCUT2D eigenvalue weighted by molar-refractivity contribution is 5.94. The number of rotatable bonds is 7. The maximum atomic E-state index is 12.1. The SMILES string of the molecule is COCCOc1cccc(C(=O)NC2CC(CO)C2)c1. The van der Waals surface area contributed by atoms with E-state index < -0.39 is 0 Å². The highest BCUT2D eigenvalue weighted by Gasteiger charge is 2.29. The van der Waals surface area contributed by atoms with Crippen LogP contribution in [0.25, 0.3) is 0 Å². The van der Waals surface area contributed by atoms with Crippen molar-refractivity contribution in [3.63, 3.8) is 0 Å². The average Bonchev–Trinajstić information content (AvgIpc) is 2.42. The fraction of sp³-hybridized carbons (Fsp3) is 0.533. The highest BCUT2D eigenvalue weighted by Crippen LogP contribution is 2.27. The predicted octanol–water partition coefficient (Wildman–Crippen LogP) is 1.21. The maximum absolute atomic E-state index is 12.1. The number of hydrogen-bond donors (Lipinski definition) is 2. The van der Waals surface area contributed by atoms with Crippen LogP contribution in [-0.2, 0) is 4.74 Å². The Kier molecular flexibility index (Phi) is 5.38. The third-order valence-corrected chi connectivity index (χ3v) is 3.48. The fourth-order valence-electron chi connectivity index (χ4n) is 2.24. The van der Waals surface area contributed by atoms with Gasteiger partial charge in [0.25, 0.3) is 5.91 Å². The Morgan fingerprint density at radius 1 is 1.40 bits per heavy atom. The van der Waals surface area contributed by atoms with Gasteiger partial charge in [-0.15, -0.1) is 0 Å². The van der Waals surface area contributed by atoms with Crippen molar-refractivity contribution in [2.45, 2.75) is 18.9 Å². The molecule has 20 heavy (non-hydrogen) atoms. The predicted molar refractivity (Wildman–Crippen MR) is 74.9 cm³/mol. The number of hydrogen-bond acceptors (Lipinski definition) is 4. The van der Waals surface area contributed by atoms with E-state index in [4.69, 9.17) is 14.6 Å². The molecular formula is C15H21NO4. The van der Waals surface area contributed by atoms with Crippen LogP contribution in [0.4, 0.5) is 0 Å². The Morgan fingerprint density at radius 3 is 2.90 bits per heavy atom. The van der Waals surface area contributed by atoms with E-state index in [1.807, 2.05) is 6.07 Å². The Hall–Kier alpha value is -1.59. The van der Waals surface area contributed by atoms with Crippen molar-refractivity contribution >= 4 is 5.91 Å². The van der Waals surface area contributed by atoms with Gasteiger partial charge in [-0.2, -0.15) is 0 Å². The third-order valence-electron chi connectivity index (χ3n) is 3.48. The van der Waals surface area contributed by atoms with E-state index in [0.29, 0.717) is 30.4 Å². The van der Waals surface area contributed by atoms with Gasteiger partial charge in [-0.1, -0.05) is 6.07 Å². The van der Waals surface area contributed by atoms with Crippen molar-refractivity contribution in [3.05, 3.63) is 29.8 Å². The monoisotopic (exact) mass is 279 g/mol. The quantitative estimate of drug-likeness (QED) is 0.736. The van der Waals surface area contributed by atoms with Crippen LogP contribution < -0.4 is 10.1 Å². The third kappa shape index (κ3) is 3.95. The number of benzene rings is 1. The van der Waals surface area contributed by atoms with Gasteiger partial charge in [-0.25, -0.2) is 0 Å². The molecule has 5 nitrogen and oxygen atoms in total. The molecule has 0 bridgehead atoms. The van der Waals surface area contributed by atoms with Crippen molar-refractivity contribution in [3.8, 4) is 5.75 Å². The summed E-state index contributed by atoms with van der Waals surface area (Å²) in [5.74, 6) is 0.907. The molecule has 1 aliphatic rings. The lowest BCUT2D eigenvalue weighted by Crippen LogP contribution is -2.45. The summed E-state index contributed by atoms with van der Waals surface area (Å²) >= 11 is 0. The van der Waals surface area contributed by atoms with Gasteiger partial charge < -0.3 is 19.9 Å². The van der Waals surface area contributed by atoms with Gasteiger partial charge in [0.1, 0.15) is 12.4 Å². The Morgan fingerprint density at radius 2 is 2.20 bits per heavy atom. The van der Waals surface area contributed by atoms with Crippen LogP contribution in [0, 0.1) is 5.92 Å². The van der Waals surface area contributed by atoms with Crippen LogP contribution in [0.15, 0.2) is 24.3 Å². The average molecular weight is 279 g/mol. The minimum absolute atomic E-state index is 0.0939. The Bertz CT molecular complexity index is 443. The van der Waals surface area contributed by atoms with Gasteiger partial charge in [0, 0.05) is 25.3 Å². The molecule has 0 unspecified atom stereocenters. The number of methoxy groups -OCH3 is 1. The molecule has 0 radical (unpaired) electrons. The first kappa shape index (κ1) is 14.8. The standard InChI is InChI=1S/C15H21NO4/c1-19-5-6-20-14-4-2-3-12(9-14)15(18)16-13-7-11(8-13)10-17/h2-4,9,11,13,17H,5-8,10H2,1H3,(H,16,18). The molecule has 110 valence electrons. The van der Waals surface area contributed by atoms with Gasteiger partial charge >= 0.3 is 0 Å². The molecule has 2 N–H and O–H groups in total. The largest absolute Gasteiger partial charge is 0.491 e. The van der Waals surface area contributed by atoms with Crippen LogP contribution in [0.1, 0.15) is 23.2 Å². The summed E-state index contributed by atoms with van der Waals surface area (Å²) in [4.78, 5) is 12.1. The minimum atomic E-state index is -0.0939. The zero-order chi connectivity index (χ0) is 14.4. The number of amides is 1. The molecular weight excluding hydrogens is 258 g/mol. The lowest BCUT2D eigenvalue weighted by Gasteiger charge is -2.34. The number of aliphatic hydroxyl groups is 1. The molecule has 2 rings (SSSR count). The summed E-state index contributed by atoms with van der Waals surface area (Å²) < 4.78 is 10.4. The second kappa shape index (κ2) is 7.26. The van der Waals surface area contributed by atoms with E-state index in [9.17, 15) is 4.79 Å². The van der Waals surface area contributed by atoms with Crippen LogP contribution in [0.2, 0.25) is 0 Å². The zero-order valence-corrected chi connectivity index (χ0v) is 11.7. The van der Waals surface area contributed by atoms with Crippen molar-refractivity contribution < 1.29 is 19.4 Å². The molecule has 5 heteroatoms. The molecule has 0 atom stereocenters. The van der Waals surface area contributed by atoms with Gasteiger partial charge in [0.05, 0.1) is 6.61 Å². The summed E-state index contributed by atoms with van der Waals surface area (Å²) in [6, 6.07) is 7.29. The number of carbonyl (C=O) groups excluding carboxylic acids is 1. The molecule has 0 aromatic heterocycles. The van der Waals surface area contributed by atoms with Crippen molar-refractivity contribution in [1.82, 2.24) is 5.32 Å². The molecule has 1 aromatic carbocycles. The first-order chi connectivity index (χ1) is 9.72. The van der Waals surface area contributed by atoms with Gasteiger partial charge in [0.2, 0.25) is 0 Å². The van der Waals surface area contributed by atoms with E-state index in [1.165, 1.54) is 0 Å². The summed E-state index contributed by atoms with van der Waals surface area (Å²) in [5.41, 5.74) is 0.590. The van der Waals surface area contributed by atoms with Crippen LogP contribution in [0.3, 0.4) is 0 Å². The molecule has 0 aliphatic heterocycles. The van der Waals surface area contributed by atoms with E-state index in [2.05, 4.69) is 5.32 Å². The molecule has 1 aromatic rings. The Balaban J connectivity index is 1.85.